The Hall–Kier alpha value is -2.84. The number of rotatable bonds is 6. The summed E-state index contributed by atoms with van der Waals surface area (Å²) in [6.45, 7) is 0. The third-order valence-corrected chi connectivity index (χ3v) is 5.77. The lowest BCUT2D eigenvalue weighted by Gasteiger charge is -2.10. The maximum atomic E-state index is 12.4. The van der Waals surface area contributed by atoms with E-state index in [2.05, 4.69) is 0 Å². The van der Waals surface area contributed by atoms with Gasteiger partial charge in [-0.1, -0.05) is 42.5 Å². The molecule has 0 saturated heterocycles. The molecule has 134 valence electrons. The van der Waals surface area contributed by atoms with Crippen molar-refractivity contribution in [2.24, 2.45) is 0 Å². The third-order valence-electron chi connectivity index (χ3n) is 3.28. The fraction of sp³-hybridized carbons (Fsp3) is 0. The van der Waals surface area contributed by atoms with Crippen LogP contribution >= 0.6 is 0 Å². The van der Waals surface area contributed by atoms with Crippen molar-refractivity contribution in [3.8, 4) is 11.5 Å². The van der Waals surface area contributed by atoms with E-state index in [9.17, 15) is 16.8 Å². The average molecular weight is 390 g/mol. The Balaban J connectivity index is 1.90. The normalized spacial score (nSPS) is 11.7. The van der Waals surface area contributed by atoms with Crippen molar-refractivity contribution in [2.45, 2.75) is 9.79 Å². The minimum atomic E-state index is -4.19. The molecule has 0 aliphatic rings. The second-order valence-electron chi connectivity index (χ2n) is 5.18. The molecule has 3 rings (SSSR count). The van der Waals surface area contributed by atoms with Crippen LogP contribution in [0.2, 0.25) is 0 Å². The van der Waals surface area contributed by atoms with Crippen molar-refractivity contribution >= 4 is 20.2 Å². The first kappa shape index (κ1) is 18.0. The molecule has 0 aromatic heterocycles. The van der Waals surface area contributed by atoms with Crippen molar-refractivity contribution < 1.29 is 25.2 Å². The van der Waals surface area contributed by atoms with Gasteiger partial charge in [-0.15, -0.1) is 0 Å². The van der Waals surface area contributed by atoms with Crippen molar-refractivity contribution in [1.29, 1.82) is 0 Å². The molecule has 3 aromatic carbocycles. The lowest BCUT2D eigenvalue weighted by Crippen LogP contribution is -2.13. The van der Waals surface area contributed by atoms with Gasteiger partial charge in [0.05, 0.1) is 0 Å². The van der Waals surface area contributed by atoms with Gasteiger partial charge in [-0.05, 0) is 42.5 Å². The van der Waals surface area contributed by atoms with Crippen LogP contribution in [0.5, 0.6) is 11.5 Å². The second-order valence-corrected chi connectivity index (χ2v) is 8.27. The van der Waals surface area contributed by atoms with Crippen LogP contribution in [0.15, 0.2) is 94.7 Å². The largest absolute Gasteiger partial charge is 0.379 e. The van der Waals surface area contributed by atoms with Crippen LogP contribution in [0.3, 0.4) is 0 Å². The van der Waals surface area contributed by atoms with Gasteiger partial charge in [-0.25, -0.2) is 0 Å². The molecule has 0 N–H and O–H groups in total. The highest BCUT2D eigenvalue weighted by Crippen LogP contribution is 2.23. The summed E-state index contributed by atoms with van der Waals surface area (Å²) >= 11 is 0. The molecule has 0 aliphatic carbocycles. The Morgan fingerprint density at radius 3 is 1.27 bits per heavy atom. The summed E-state index contributed by atoms with van der Waals surface area (Å²) in [6.07, 6.45) is 0. The lowest BCUT2D eigenvalue weighted by atomic mass is 10.3. The van der Waals surface area contributed by atoms with Crippen LogP contribution < -0.4 is 8.37 Å². The summed E-state index contributed by atoms with van der Waals surface area (Å²) in [5.74, 6) is 0.252. The molecule has 26 heavy (non-hydrogen) atoms. The van der Waals surface area contributed by atoms with Crippen LogP contribution in [-0.4, -0.2) is 16.8 Å². The second kappa shape index (κ2) is 7.19. The molecule has 0 saturated carbocycles. The van der Waals surface area contributed by atoms with Gasteiger partial charge < -0.3 is 8.37 Å². The van der Waals surface area contributed by atoms with Crippen LogP contribution in [0.25, 0.3) is 0 Å². The molecule has 0 bridgehead atoms. The Morgan fingerprint density at radius 2 is 0.885 bits per heavy atom. The Morgan fingerprint density at radius 1 is 0.500 bits per heavy atom. The number of hydrogen-bond donors (Lipinski definition) is 0. The van der Waals surface area contributed by atoms with Crippen LogP contribution in [0.4, 0.5) is 0 Å². The van der Waals surface area contributed by atoms with E-state index in [1.165, 1.54) is 42.5 Å². The van der Waals surface area contributed by atoms with E-state index in [1.807, 2.05) is 0 Å². The van der Waals surface area contributed by atoms with Crippen molar-refractivity contribution in [1.82, 2.24) is 0 Å². The fourth-order valence-corrected chi connectivity index (χ4v) is 4.12. The molecule has 0 amide bonds. The summed E-state index contributed by atoms with van der Waals surface area (Å²) in [6, 6.07) is 20.7. The maximum absolute atomic E-state index is 12.4. The Bertz CT molecular complexity index is 1010. The van der Waals surface area contributed by atoms with Gasteiger partial charge in [-0.3, -0.25) is 0 Å². The van der Waals surface area contributed by atoms with Gasteiger partial charge >= 0.3 is 20.2 Å². The smallest absolute Gasteiger partial charge is 0.339 e. The number of para-hydroxylation sites is 2. The van der Waals surface area contributed by atoms with Gasteiger partial charge in [-0.2, -0.15) is 16.8 Å². The predicted molar refractivity (Wildman–Crippen MR) is 95.0 cm³/mol. The molecule has 0 spiro atoms. The number of benzene rings is 3. The van der Waals surface area contributed by atoms with E-state index in [1.54, 1.807) is 36.4 Å². The molecule has 3 aromatic rings. The predicted octanol–water partition coefficient (Wildman–Crippen LogP) is 3.22. The highest BCUT2D eigenvalue weighted by Gasteiger charge is 2.22. The van der Waals surface area contributed by atoms with Crippen LogP contribution in [0.1, 0.15) is 0 Å². The lowest BCUT2D eigenvalue weighted by molar-refractivity contribution is 0.484. The first-order valence-electron chi connectivity index (χ1n) is 7.46. The van der Waals surface area contributed by atoms with Crippen molar-refractivity contribution in [3.05, 3.63) is 84.9 Å². The van der Waals surface area contributed by atoms with Gasteiger partial charge in [0.2, 0.25) is 0 Å². The first-order valence-corrected chi connectivity index (χ1v) is 10.3. The topological polar surface area (TPSA) is 86.7 Å². The summed E-state index contributed by atoms with van der Waals surface area (Å²) in [5, 5.41) is 0. The zero-order valence-electron chi connectivity index (χ0n) is 13.3. The third kappa shape index (κ3) is 4.22. The summed E-state index contributed by atoms with van der Waals surface area (Å²) in [4.78, 5) is -0.585. The molecular formula is C18H14O6S2. The monoisotopic (exact) mass is 390 g/mol. The van der Waals surface area contributed by atoms with Gasteiger partial charge in [0.25, 0.3) is 0 Å². The summed E-state index contributed by atoms with van der Waals surface area (Å²) < 4.78 is 59.5. The molecule has 6 nitrogen and oxygen atoms in total. The molecular weight excluding hydrogens is 376 g/mol. The van der Waals surface area contributed by atoms with E-state index in [4.69, 9.17) is 8.37 Å². The summed E-state index contributed by atoms with van der Waals surface area (Å²) in [7, 11) is -8.38. The average Bonchev–Trinajstić information content (AvgIpc) is 2.63. The molecule has 0 heterocycles. The molecule has 0 aliphatic heterocycles. The zero-order valence-corrected chi connectivity index (χ0v) is 15.0. The standard InChI is InChI=1S/C18H14O6S2/c19-25(20,23-15-8-3-1-4-9-15)17-12-7-13-18(14-17)26(21,22)24-16-10-5-2-6-11-16/h1-14H. The Labute approximate surface area is 151 Å². The zero-order chi connectivity index (χ0) is 18.6. The summed E-state index contributed by atoms with van der Waals surface area (Å²) in [5.41, 5.74) is 0. The van der Waals surface area contributed by atoms with Crippen LogP contribution in [-0.2, 0) is 20.2 Å². The van der Waals surface area contributed by atoms with E-state index in [0.717, 1.165) is 6.07 Å². The SMILES string of the molecule is O=S(=O)(Oc1ccccc1)c1cccc(S(=O)(=O)Oc2ccccc2)c1. The van der Waals surface area contributed by atoms with E-state index in [0.29, 0.717) is 0 Å². The maximum Gasteiger partial charge on any atom is 0.339 e. The van der Waals surface area contributed by atoms with E-state index < -0.39 is 20.2 Å². The quantitative estimate of drug-likeness (QED) is 0.601. The van der Waals surface area contributed by atoms with Crippen LogP contribution in [0, 0.1) is 0 Å². The van der Waals surface area contributed by atoms with Crippen molar-refractivity contribution in [3.63, 3.8) is 0 Å². The molecule has 0 atom stereocenters. The highest BCUT2D eigenvalue weighted by molar-refractivity contribution is 7.88. The highest BCUT2D eigenvalue weighted by atomic mass is 32.2. The minimum Gasteiger partial charge on any atom is -0.379 e. The molecule has 0 radical (unpaired) electrons. The molecule has 8 heteroatoms. The fourth-order valence-electron chi connectivity index (χ4n) is 2.09. The number of hydrogen-bond acceptors (Lipinski definition) is 6. The van der Waals surface area contributed by atoms with Gasteiger partial charge in [0.1, 0.15) is 21.3 Å². The molecule has 0 unspecified atom stereocenters. The van der Waals surface area contributed by atoms with Crippen molar-refractivity contribution in [2.75, 3.05) is 0 Å². The minimum absolute atomic E-state index is 0.126. The van der Waals surface area contributed by atoms with E-state index in [-0.39, 0.29) is 21.3 Å². The van der Waals surface area contributed by atoms with Gasteiger partial charge in [0, 0.05) is 0 Å². The Kier molecular flexibility index (Phi) is 4.97. The van der Waals surface area contributed by atoms with Gasteiger partial charge in [0.15, 0.2) is 0 Å². The first-order chi connectivity index (χ1) is 12.4. The molecule has 0 fully saturated rings. The van der Waals surface area contributed by atoms with E-state index >= 15 is 0 Å².